The fraction of sp³-hybridized carbons (Fsp3) is 0.318. The molecule has 4 nitrogen and oxygen atoms in total. The average Bonchev–Trinajstić information content (AvgIpc) is 3.06. The van der Waals surface area contributed by atoms with Crippen molar-refractivity contribution in [2.45, 2.75) is 42.5 Å². The smallest absolute Gasteiger partial charge is 0.287 e. The lowest BCUT2D eigenvalue weighted by molar-refractivity contribution is 0.0898. The SMILES string of the molecule is CC1CC(NC(=O)c2oc3ccccc3c2CSc2ccc(F)cc2)CCN1. The molecule has 2 heterocycles. The van der Waals surface area contributed by atoms with Crippen molar-refractivity contribution in [2.75, 3.05) is 6.54 Å². The molecule has 0 spiro atoms. The largest absolute Gasteiger partial charge is 0.451 e. The number of amides is 1. The van der Waals surface area contributed by atoms with Gasteiger partial charge in [0, 0.05) is 33.7 Å². The average molecular weight is 399 g/mol. The van der Waals surface area contributed by atoms with Crippen LogP contribution in [0, 0.1) is 5.82 Å². The normalized spacial score (nSPS) is 19.6. The van der Waals surface area contributed by atoms with E-state index in [0.717, 1.165) is 35.2 Å². The molecule has 6 heteroatoms. The van der Waals surface area contributed by atoms with Crippen molar-refractivity contribution in [1.82, 2.24) is 10.6 Å². The molecule has 1 saturated heterocycles. The zero-order chi connectivity index (χ0) is 19.5. The number of rotatable bonds is 5. The molecule has 1 amide bonds. The lowest BCUT2D eigenvalue weighted by Gasteiger charge is -2.28. The Morgan fingerprint density at radius 3 is 2.82 bits per heavy atom. The number of para-hydroxylation sites is 1. The Morgan fingerprint density at radius 2 is 2.04 bits per heavy atom. The molecular weight excluding hydrogens is 375 g/mol. The van der Waals surface area contributed by atoms with Crippen LogP contribution in [-0.2, 0) is 5.75 Å². The Bertz CT molecular complexity index is 970. The van der Waals surface area contributed by atoms with Crippen molar-refractivity contribution in [1.29, 1.82) is 0 Å². The van der Waals surface area contributed by atoms with Gasteiger partial charge in [0.15, 0.2) is 5.76 Å². The van der Waals surface area contributed by atoms with Gasteiger partial charge in [-0.15, -0.1) is 11.8 Å². The van der Waals surface area contributed by atoms with Crippen molar-refractivity contribution in [3.05, 3.63) is 65.7 Å². The van der Waals surface area contributed by atoms with Crippen LogP contribution in [0.25, 0.3) is 11.0 Å². The van der Waals surface area contributed by atoms with Crippen LogP contribution in [0.15, 0.2) is 57.8 Å². The van der Waals surface area contributed by atoms with Gasteiger partial charge in [0.2, 0.25) is 0 Å². The van der Waals surface area contributed by atoms with E-state index in [1.807, 2.05) is 24.3 Å². The maximum atomic E-state index is 13.1. The number of hydrogen-bond donors (Lipinski definition) is 2. The number of nitrogens with one attached hydrogen (secondary N) is 2. The first-order chi connectivity index (χ1) is 13.6. The molecule has 0 radical (unpaired) electrons. The van der Waals surface area contributed by atoms with E-state index >= 15 is 0 Å². The lowest BCUT2D eigenvalue weighted by Crippen LogP contribution is -2.46. The van der Waals surface area contributed by atoms with Crippen molar-refractivity contribution < 1.29 is 13.6 Å². The molecule has 28 heavy (non-hydrogen) atoms. The number of furan rings is 1. The fourth-order valence-electron chi connectivity index (χ4n) is 3.63. The number of thioether (sulfide) groups is 1. The van der Waals surface area contributed by atoms with Gasteiger partial charge < -0.3 is 15.1 Å². The van der Waals surface area contributed by atoms with Crippen LogP contribution in [0.4, 0.5) is 4.39 Å². The highest BCUT2D eigenvalue weighted by Crippen LogP contribution is 2.32. The van der Waals surface area contributed by atoms with Gasteiger partial charge in [0.25, 0.3) is 5.91 Å². The molecule has 1 aliphatic heterocycles. The molecule has 2 atom stereocenters. The maximum Gasteiger partial charge on any atom is 0.287 e. The Hall–Kier alpha value is -2.31. The van der Waals surface area contributed by atoms with Gasteiger partial charge in [-0.2, -0.15) is 0 Å². The van der Waals surface area contributed by atoms with E-state index in [9.17, 15) is 9.18 Å². The molecule has 0 aliphatic carbocycles. The number of halogens is 1. The topological polar surface area (TPSA) is 54.3 Å². The zero-order valence-electron chi connectivity index (χ0n) is 15.7. The quantitative estimate of drug-likeness (QED) is 0.610. The van der Waals surface area contributed by atoms with Crippen LogP contribution >= 0.6 is 11.8 Å². The molecule has 2 unspecified atom stereocenters. The summed E-state index contributed by atoms with van der Waals surface area (Å²) in [6.07, 6.45) is 1.82. The molecule has 3 aromatic rings. The highest BCUT2D eigenvalue weighted by atomic mass is 32.2. The van der Waals surface area contributed by atoms with Crippen LogP contribution in [0.5, 0.6) is 0 Å². The van der Waals surface area contributed by atoms with Crippen molar-refractivity contribution >= 4 is 28.6 Å². The second-order valence-corrected chi connectivity index (χ2v) is 8.25. The van der Waals surface area contributed by atoms with E-state index in [1.165, 1.54) is 12.1 Å². The first-order valence-electron chi connectivity index (χ1n) is 9.53. The summed E-state index contributed by atoms with van der Waals surface area (Å²) in [5, 5.41) is 7.48. The molecule has 1 aromatic heterocycles. The molecule has 1 fully saturated rings. The van der Waals surface area contributed by atoms with Crippen LogP contribution in [0.3, 0.4) is 0 Å². The second kappa shape index (κ2) is 8.37. The minimum absolute atomic E-state index is 0.148. The first-order valence-corrected chi connectivity index (χ1v) is 10.5. The summed E-state index contributed by atoms with van der Waals surface area (Å²) in [7, 11) is 0. The third kappa shape index (κ3) is 4.23. The highest BCUT2D eigenvalue weighted by Gasteiger charge is 2.25. The monoisotopic (exact) mass is 398 g/mol. The lowest BCUT2D eigenvalue weighted by atomic mass is 10.0. The Balaban J connectivity index is 1.57. The minimum atomic E-state index is -0.255. The molecule has 2 aromatic carbocycles. The predicted octanol–water partition coefficient (Wildman–Crippen LogP) is 4.73. The van der Waals surface area contributed by atoms with E-state index in [4.69, 9.17) is 4.42 Å². The van der Waals surface area contributed by atoms with E-state index in [2.05, 4.69) is 17.6 Å². The van der Waals surface area contributed by atoms with Gasteiger partial charge in [0.05, 0.1) is 0 Å². The van der Waals surface area contributed by atoms with Gasteiger partial charge in [0.1, 0.15) is 11.4 Å². The molecule has 0 saturated carbocycles. The summed E-state index contributed by atoms with van der Waals surface area (Å²) in [5.74, 6) is 0.537. The molecule has 4 rings (SSSR count). The fourth-order valence-corrected chi connectivity index (χ4v) is 4.55. The number of benzene rings is 2. The van der Waals surface area contributed by atoms with E-state index in [-0.39, 0.29) is 17.8 Å². The number of fused-ring (bicyclic) bond motifs is 1. The van der Waals surface area contributed by atoms with Crippen molar-refractivity contribution in [3.63, 3.8) is 0 Å². The van der Waals surface area contributed by atoms with Gasteiger partial charge >= 0.3 is 0 Å². The van der Waals surface area contributed by atoms with Crippen molar-refractivity contribution in [2.24, 2.45) is 0 Å². The third-order valence-electron chi connectivity index (χ3n) is 5.06. The summed E-state index contributed by atoms with van der Waals surface area (Å²) in [5.41, 5.74) is 1.59. The standard InChI is InChI=1S/C22H23FN2O2S/c1-14-12-16(10-11-24-14)25-22(26)21-19(18-4-2-3-5-20(18)27-21)13-28-17-8-6-15(23)7-9-17/h2-9,14,16,24H,10-13H2,1H3,(H,25,26). The van der Waals surface area contributed by atoms with E-state index in [1.54, 1.807) is 23.9 Å². The summed E-state index contributed by atoms with van der Waals surface area (Å²) in [4.78, 5) is 13.9. The van der Waals surface area contributed by atoms with Crippen LogP contribution in [0.1, 0.15) is 35.9 Å². The summed E-state index contributed by atoms with van der Waals surface area (Å²) in [6, 6.07) is 14.6. The summed E-state index contributed by atoms with van der Waals surface area (Å²) >= 11 is 1.56. The second-order valence-electron chi connectivity index (χ2n) is 7.20. The number of carbonyl (C=O) groups excluding carboxylic acids is 1. The van der Waals surface area contributed by atoms with Crippen molar-refractivity contribution in [3.8, 4) is 0 Å². The predicted molar refractivity (Wildman–Crippen MR) is 110 cm³/mol. The van der Waals surface area contributed by atoms with Gasteiger partial charge in [-0.05, 0) is 56.6 Å². The number of hydrogen-bond acceptors (Lipinski definition) is 4. The maximum absolute atomic E-state index is 13.1. The summed E-state index contributed by atoms with van der Waals surface area (Å²) in [6.45, 7) is 3.03. The summed E-state index contributed by atoms with van der Waals surface area (Å²) < 4.78 is 19.1. The molecule has 146 valence electrons. The van der Waals surface area contributed by atoms with E-state index in [0.29, 0.717) is 23.1 Å². The van der Waals surface area contributed by atoms with E-state index < -0.39 is 0 Å². The minimum Gasteiger partial charge on any atom is -0.451 e. The van der Waals surface area contributed by atoms with Crippen LogP contribution < -0.4 is 10.6 Å². The Morgan fingerprint density at radius 1 is 1.25 bits per heavy atom. The number of carbonyl (C=O) groups is 1. The molecular formula is C22H23FN2O2S. The Kier molecular flexibility index (Phi) is 5.69. The Labute approximate surface area is 167 Å². The zero-order valence-corrected chi connectivity index (χ0v) is 16.5. The molecule has 2 N–H and O–H groups in total. The third-order valence-corrected chi connectivity index (χ3v) is 6.10. The van der Waals surface area contributed by atoms with Gasteiger partial charge in [-0.25, -0.2) is 4.39 Å². The van der Waals surface area contributed by atoms with Crippen LogP contribution in [-0.4, -0.2) is 24.5 Å². The number of piperidine rings is 1. The highest BCUT2D eigenvalue weighted by molar-refractivity contribution is 7.98. The molecule has 1 aliphatic rings. The van der Waals surface area contributed by atoms with Crippen LogP contribution in [0.2, 0.25) is 0 Å². The van der Waals surface area contributed by atoms with Gasteiger partial charge in [-0.3, -0.25) is 4.79 Å². The molecule has 0 bridgehead atoms. The van der Waals surface area contributed by atoms with Gasteiger partial charge in [-0.1, -0.05) is 18.2 Å². The first kappa shape index (κ1) is 19.0.